The minimum absolute atomic E-state index is 0.204. The first-order chi connectivity index (χ1) is 9.15. The molecule has 1 heterocycles. The van der Waals surface area contributed by atoms with Crippen LogP contribution in [0.4, 0.5) is 10.7 Å². The molecule has 1 aromatic rings. The lowest BCUT2D eigenvalue weighted by molar-refractivity contribution is 0.0962. The molecule has 6 heteroatoms. The minimum Gasteiger partial charge on any atom is -0.492 e. The Kier molecular flexibility index (Phi) is 6.21. The van der Waals surface area contributed by atoms with E-state index >= 15 is 0 Å². The van der Waals surface area contributed by atoms with Gasteiger partial charge in [0.25, 0.3) is 5.91 Å². The standard InChI is InChI=1S/C13H21N3O2S/c1-4-6-8-16-13-10(18-3)9(14)11(19-13)12(17)15-7-5-2/h5,16H,2,4,6-8,14H2,1,3H3,(H,15,17). The Morgan fingerprint density at radius 2 is 2.32 bits per heavy atom. The van der Waals surface area contributed by atoms with Gasteiger partial charge in [-0.3, -0.25) is 4.79 Å². The van der Waals surface area contributed by atoms with Gasteiger partial charge in [-0.25, -0.2) is 0 Å². The molecular formula is C13H21N3O2S. The number of hydrogen-bond donors (Lipinski definition) is 3. The molecule has 0 aliphatic carbocycles. The highest BCUT2D eigenvalue weighted by molar-refractivity contribution is 7.19. The molecule has 0 spiro atoms. The van der Waals surface area contributed by atoms with Crippen molar-refractivity contribution in [2.24, 2.45) is 0 Å². The molecule has 4 N–H and O–H groups in total. The van der Waals surface area contributed by atoms with Crippen LogP contribution < -0.4 is 21.1 Å². The number of rotatable bonds is 8. The number of unbranched alkanes of at least 4 members (excludes halogenated alkanes) is 1. The predicted octanol–water partition coefficient (Wildman–Crippen LogP) is 2.47. The Bertz CT molecular complexity index is 443. The molecular weight excluding hydrogens is 262 g/mol. The van der Waals surface area contributed by atoms with Crippen molar-refractivity contribution in [3.8, 4) is 5.75 Å². The number of methoxy groups -OCH3 is 1. The third-order valence-electron chi connectivity index (χ3n) is 2.53. The topological polar surface area (TPSA) is 76.4 Å². The van der Waals surface area contributed by atoms with Gasteiger partial charge in [-0.15, -0.1) is 17.9 Å². The van der Waals surface area contributed by atoms with Crippen molar-refractivity contribution in [3.63, 3.8) is 0 Å². The summed E-state index contributed by atoms with van der Waals surface area (Å²) in [6.07, 6.45) is 3.78. The van der Waals surface area contributed by atoms with Gasteiger partial charge in [-0.1, -0.05) is 19.4 Å². The molecule has 19 heavy (non-hydrogen) atoms. The number of nitrogens with one attached hydrogen (secondary N) is 2. The van der Waals surface area contributed by atoms with Crippen molar-refractivity contribution in [3.05, 3.63) is 17.5 Å². The van der Waals surface area contributed by atoms with Crippen LogP contribution in [0, 0.1) is 0 Å². The first kappa shape index (κ1) is 15.4. The highest BCUT2D eigenvalue weighted by atomic mass is 32.1. The van der Waals surface area contributed by atoms with Crippen molar-refractivity contribution < 1.29 is 9.53 Å². The van der Waals surface area contributed by atoms with E-state index in [9.17, 15) is 4.79 Å². The van der Waals surface area contributed by atoms with Crippen LogP contribution in [0.1, 0.15) is 29.4 Å². The monoisotopic (exact) mass is 283 g/mol. The molecule has 1 aromatic heterocycles. The lowest BCUT2D eigenvalue weighted by atomic mass is 10.3. The first-order valence-electron chi connectivity index (χ1n) is 6.24. The van der Waals surface area contributed by atoms with Gasteiger partial charge in [0.05, 0.1) is 7.11 Å². The summed E-state index contributed by atoms with van der Waals surface area (Å²) in [5.41, 5.74) is 6.33. The molecule has 0 fully saturated rings. The van der Waals surface area contributed by atoms with Gasteiger partial charge in [0, 0.05) is 13.1 Å². The fraction of sp³-hybridized carbons (Fsp3) is 0.462. The summed E-state index contributed by atoms with van der Waals surface area (Å²) in [4.78, 5) is 12.4. The Morgan fingerprint density at radius 1 is 1.58 bits per heavy atom. The number of carbonyl (C=O) groups is 1. The van der Waals surface area contributed by atoms with Gasteiger partial charge in [0.15, 0.2) is 5.75 Å². The number of amides is 1. The van der Waals surface area contributed by atoms with Crippen LogP contribution in [0.3, 0.4) is 0 Å². The quantitative estimate of drug-likeness (QED) is 0.506. The summed E-state index contributed by atoms with van der Waals surface area (Å²) < 4.78 is 5.26. The number of nitrogen functional groups attached to an aromatic ring is 1. The van der Waals surface area contributed by atoms with Crippen LogP contribution in [0.25, 0.3) is 0 Å². The number of anilines is 2. The normalized spacial score (nSPS) is 10.0. The van der Waals surface area contributed by atoms with Crippen molar-refractivity contribution >= 4 is 27.9 Å². The molecule has 0 aliphatic rings. The maximum atomic E-state index is 11.9. The first-order valence-corrected chi connectivity index (χ1v) is 7.06. The van der Waals surface area contributed by atoms with Gasteiger partial charge >= 0.3 is 0 Å². The van der Waals surface area contributed by atoms with Crippen molar-refractivity contribution in [1.82, 2.24) is 5.32 Å². The molecule has 0 atom stereocenters. The van der Waals surface area contributed by atoms with E-state index in [0.29, 0.717) is 22.9 Å². The van der Waals surface area contributed by atoms with E-state index in [2.05, 4.69) is 24.1 Å². The maximum absolute atomic E-state index is 11.9. The summed E-state index contributed by atoms with van der Waals surface area (Å²) in [6, 6.07) is 0. The summed E-state index contributed by atoms with van der Waals surface area (Å²) in [7, 11) is 1.55. The zero-order valence-corrected chi connectivity index (χ0v) is 12.2. The lowest BCUT2D eigenvalue weighted by Gasteiger charge is -2.05. The molecule has 1 amide bonds. The fourth-order valence-electron chi connectivity index (χ4n) is 1.54. The second-order valence-electron chi connectivity index (χ2n) is 3.99. The van der Waals surface area contributed by atoms with Gasteiger partial charge in [0.2, 0.25) is 0 Å². The van der Waals surface area contributed by atoms with Crippen molar-refractivity contribution in [1.29, 1.82) is 0 Å². The number of hydrogen-bond acceptors (Lipinski definition) is 5. The second-order valence-corrected chi connectivity index (χ2v) is 5.01. The largest absolute Gasteiger partial charge is 0.492 e. The zero-order valence-electron chi connectivity index (χ0n) is 11.4. The fourth-order valence-corrected chi connectivity index (χ4v) is 2.57. The highest BCUT2D eigenvalue weighted by Crippen LogP contribution is 2.42. The lowest BCUT2D eigenvalue weighted by Crippen LogP contribution is -2.23. The molecule has 0 radical (unpaired) electrons. The van der Waals surface area contributed by atoms with Crippen LogP contribution >= 0.6 is 11.3 Å². The third kappa shape index (κ3) is 3.89. The molecule has 0 saturated carbocycles. The van der Waals surface area contributed by atoms with E-state index in [1.54, 1.807) is 13.2 Å². The summed E-state index contributed by atoms with van der Waals surface area (Å²) in [5.74, 6) is 0.342. The Labute approximate surface area is 117 Å². The maximum Gasteiger partial charge on any atom is 0.263 e. The van der Waals surface area contributed by atoms with Crippen LogP contribution in [-0.2, 0) is 0 Å². The Hall–Kier alpha value is -1.69. The predicted molar refractivity (Wildman–Crippen MR) is 81.2 cm³/mol. The summed E-state index contributed by atoms with van der Waals surface area (Å²) in [6.45, 7) is 6.93. The summed E-state index contributed by atoms with van der Waals surface area (Å²) >= 11 is 1.31. The van der Waals surface area contributed by atoms with E-state index in [0.717, 1.165) is 24.4 Å². The molecule has 0 unspecified atom stereocenters. The minimum atomic E-state index is -0.204. The Balaban J connectivity index is 2.87. The zero-order chi connectivity index (χ0) is 14.3. The molecule has 0 saturated heterocycles. The van der Waals surface area contributed by atoms with Crippen LogP contribution in [-0.4, -0.2) is 26.1 Å². The van der Waals surface area contributed by atoms with E-state index in [-0.39, 0.29) is 5.91 Å². The van der Waals surface area contributed by atoms with Crippen molar-refractivity contribution in [2.75, 3.05) is 31.2 Å². The van der Waals surface area contributed by atoms with Gasteiger partial charge in [-0.05, 0) is 6.42 Å². The average molecular weight is 283 g/mol. The smallest absolute Gasteiger partial charge is 0.263 e. The molecule has 106 valence electrons. The van der Waals surface area contributed by atoms with Gasteiger partial charge < -0.3 is 21.1 Å². The SMILES string of the molecule is C=CCNC(=O)c1sc(NCCCC)c(OC)c1N. The Morgan fingerprint density at radius 3 is 2.89 bits per heavy atom. The highest BCUT2D eigenvalue weighted by Gasteiger charge is 2.21. The number of nitrogens with two attached hydrogens (primary N) is 1. The average Bonchev–Trinajstić information content (AvgIpc) is 2.72. The number of ether oxygens (including phenoxy) is 1. The van der Waals surface area contributed by atoms with Gasteiger partial charge in [0.1, 0.15) is 15.6 Å². The van der Waals surface area contributed by atoms with Crippen molar-refractivity contribution in [2.45, 2.75) is 19.8 Å². The molecule has 5 nitrogen and oxygen atoms in total. The van der Waals surface area contributed by atoms with Gasteiger partial charge in [-0.2, -0.15) is 0 Å². The van der Waals surface area contributed by atoms with E-state index in [1.807, 2.05) is 0 Å². The molecule has 0 bridgehead atoms. The van der Waals surface area contributed by atoms with Crippen LogP contribution in [0.15, 0.2) is 12.7 Å². The third-order valence-corrected chi connectivity index (χ3v) is 3.68. The van der Waals surface area contributed by atoms with Crippen LogP contribution in [0.5, 0.6) is 5.75 Å². The molecule has 0 aromatic carbocycles. The van der Waals surface area contributed by atoms with E-state index in [4.69, 9.17) is 10.5 Å². The number of carbonyl (C=O) groups excluding carboxylic acids is 1. The summed E-state index contributed by atoms with van der Waals surface area (Å²) in [5, 5.41) is 6.77. The van der Waals surface area contributed by atoms with E-state index in [1.165, 1.54) is 11.3 Å². The second kappa shape index (κ2) is 7.68. The molecule has 0 aliphatic heterocycles. The molecule has 1 rings (SSSR count). The number of thiophene rings is 1. The van der Waals surface area contributed by atoms with Crippen LogP contribution in [0.2, 0.25) is 0 Å². The van der Waals surface area contributed by atoms with E-state index < -0.39 is 0 Å².